The summed E-state index contributed by atoms with van der Waals surface area (Å²) in [6.07, 6.45) is 0. The molecule has 72 valence electrons. The standard InChI is InChI=1S/C14H9I/c15-14-8-4-7-13(11-14)10-9-12-5-2-1-3-6-12/h1-8,11H. The molecule has 0 heterocycles. The largest absolute Gasteiger partial charge is 0.0622 e. The van der Waals surface area contributed by atoms with Gasteiger partial charge in [-0.25, -0.2) is 0 Å². The second-order valence-electron chi connectivity index (χ2n) is 3.13. The fourth-order valence-corrected chi connectivity index (χ4v) is 1.78. The van der Waals surface area contributed by atoms with Crippen molar-refractivity contribution in [3.05, 3.63) is 69.3 Å². The molecule has 0 atom stereocenters. The van der Waals surface area contributed by atoms with E-state index in [1.165, 1.54) is 3.57 Å². The third-order valence-electron chi connectivity index (χ3n) is 1.95. The quantitative estimate of drug-likeness (QED) is 0.514. The summed E-state index contributed by atoms with van der Waals surface area (Å²) in [6.45, 7) is 0. The Morgan fingerprint density at radius 2 is 1.40 bits per heavy atom. The molecule has 1 heteroatoms. The summed E-state index contributed by atoms with van der Waals surface area (Å²) in [6, 6.07) is 18.2. The molecule has 2 aromatic rings. The van der Waals surface area contributed by atoms with E-state index in [1.807, 2.05) is 42.5 Å². The highest BCUT2D eigenvalue weighted by atomic mass is 127. The highest BCUT2D eigenvalue weighted by molar-refractivity contribution is 14.1. The second kappa shape index (κ2) is 4.99. The smallest absolute Gasteiger partial charge is 0.0259 e. The third-order valence-corrected chi connectivity index (χ3v) is 2.62. The van der Waals surface area contributed by atoms with Crippen LogP contribution >= 0.6 is 22.6 Å². The zero-order chi connectivity index (χ0) is 10.5. The molecule has 15 heavy (non-hydrogen) atoms. The van der Waals surface area contributed by atoms with Crippen LogP contribution in [-0.4, -0.2) is 0 Å². The molecule has 0 saturated carbocycles. The number of halogens is 1. The Labute approximate surface area is 103 Å². The summed E-state index contributed by atoms with van der Waals surface area (Å²) in [4.78, 5) is 0. The van der Waals surface area contributed by atoms with Crippen LogP contribution in [0.15, 0.2) is 54.6 Å². The van der Waals surface area contributed by atoms with Crippen LogP contribution in [0.25, 0.3) is 0 Å². The molecule has 0 saturated heterocycles. The van der Waals surface area contributed by atoms with Crippen LogP contribution in [0, 0.1) is 15.4 Å². The van der Waals surface area contributed by atoms with Crippen LogP contribution in [0.3, 0.4) is 0 Å². The molecule has 0 amide bonds. The highest BCUT2D eigenvalue weighted by Crippen LogP contribution is 2.06. The molecule has 0 aliphatic heterocycles. The van der Waals surface area contributed by atoms with Crippen molar-refractivity contribution in [1.29, 1.82) is 0 Å². The molecule has 0 bridgehead atoms. The molecule has 0 unspecified atom stereocenters. The van der Waals surface area contributed by atoms with E-state index < -0.39 is 0 Å². The minimum absolute atomic E-state index is 1.05. The monoisotopic (exact) mass is 304 g/mol. The van der Waals surface area contributed by atoms with Crippen molar-refractivity contribution < 1.29 is 0 Å². The Hall–Kier alpha value is -1.27. The van der Waals surface area contributed by atoms with Gasteiger partial charge in [-0.3, -0.25) is 0 Å². The lowest BCUT2D eigenvalue weighted by atomic mass is 10.2. The highest BCUT2D eigenvalue weighted by Gasteiger charge is 1.88. The van der Waals surface area contributed by atoms with E-state index in [4.69, 9.17) is 0 Å². The molecular weight excluding hydrogens is 295 g/mol. The summed E-state index contributed by atoms with van der Waals surface area (Å²) in [5.74, 6) is 6.28. The maximum absolute atomic E-state index is 3.15. The molecule has 2 aromatic carbocycles. The van der Waals surface area contributed by atoms with Gasteiger partial charge in [0.05, 0.1) is 0 Å². The number of hydrogen-bond donors (Lipinski definition) is 0. The third kappa shape index (κ3) is 3.10. The summed E-state index contributed by atoms with van der Waals surface area (Å²) < 4.78 is 1.22. The van der Waals surface area contributed by atoms with Crippen molar-refractivity contribution in [2.75, 3.05) is 0 Å². The van der Waals surface area contributed by atoms with Crippen LogP contribution in [0.4, 0.5) is 0 Å². The zero-order valence-electron chi connectivity index (χ0n) is 8.07. The van der Waals surface area contributed by atoms with Crippen LogP contribution in [0.2, 0.25) is 0 Å². The lowest BCUT2D eigenvalue weighted by molar-refractivity contribution is 1.59. The van der Waals surface area contributed by atoms with Gasteiger partial charge in [0.25, 0.3) is 0 Å². The van der Waals surface area contributed by atoms with Gasteiger partial charge < -0.3 is 0 Å². The van der Waals surface area contributed by atoms with Crippen molar-refractivity contribution in [2.45, 2.75) is 0 Å². The molecule has 0 nitrogen and oxygen atoms in total. The normalized spacial score (nSPS) is 9.13. The van der Waals surface area contributed by atoms with Crippen LogP contribution in [0.5, 0.6) is 0 Å². The second-order valence-corrected chi connectivity index (χ2v) is 4.37. The molecule has 0 spiro atoms. The minimum atomic E-state index is 1.05. The van der Waals surface area contributed by atoms with Crippen molar-refractivity contribution in [1.82, 2.24) is 0 Å². The lowest BCUT2D eigenvalue weighted by Crippen LogP contribution is -1.76. The maximum Gasteiger partial charge on any atom is 0.0259 e. The zero-order valence-corrected chi connectivity index (χ0v) is 10.2. The van der Waals surface area contributed by atoms with E-state index in [1.54, 1.807) is 0 Å². The molecule has 0 aliphatic carbocycles. The van der Waals surface area contributed by atoms with Gasteiger partial charge in [0.15, 0.2) is 0 Å². The average molecular weight is 304 g/mol. The van der Waals surface area contributed by atoms with E-state index in [2.05, 4.69) is 46.6 Å². The van der Waals surface area contributed by atoms with Gasteiger partial charge in [-0.15, -0.1) is 0 Å². The van der Waals surface area contributed by atoms with Gasteiger partial charge in [0.2, 0.25) is 0 Å². The minimum Gasteiger partial charge on any atom is -0.0622 e. The molecule has 2 rings (SSSR count). The fraction of sp³-hybridized carbons (Fsp3) is 0. The Morgan fingerprint density at radius 1 is 0.733 bits per heavy atom. The molecular formula is C14H9I. The summed E-state index contributed by atoms with van der Waals surface area (Å²) in [5.41, 5.74) is 2.11. The van der Waals surface area contributed by atoms with Crippen molar-refractivity contribution in [3.63, 3.8) is 0 Å². The predicted octanol–water partition coefficient (Wildman–Crippen LogP) is 3.69. The average Bonchev–Trinajstić information content (AvgIpc) is 2.28. The van der Waals surface area contributed by atoms with E-state index in [0.717, 1.165) is 11.1 Å². The number of hydrogen-bond acceptors (Lipinski definition) is 0. The van der Waals surface area contributed by atoms with Crippen LogP contribution in [0.1, 0.15) is 11.1 Å². The molecule has 0 aromatic heterocycles. The summed E-state index contributed by atoms with van der Waals surface area (Å²) in [5, 5.41) is 0. The number of rotatable bonds is 0. The van der Waals surface area contributed by atoms with Gasteiger partial charge in [-0.2, -0.15) is 0 Å². The molecule has 0 radical (unpaired) electrons. The van der Waals surface area contributed by atoms with E-state index >= 15 is 0 Å². The summed E-state index contributed by atoms with van der Waals surface area (Å²) >= 11 is 2.29. The van der Waals surface area contributed by atoms with Crippen molar-refractivity contribution in [2.24, 2.45) is 0 Å². The molecule has 0 aliphatic rings. The first-order valence-corrected chi connectivity index (χ1v) is 5.75. The first-order chi connectivity index (χ1) is 7.34. The van der Waals surface area contributed by atoms with Crippen molar-refractivity contribution >= 4 is 22.6 Å². The SMILES string of the molecule is Ic1cccc(C#Cc2ccccc2)c1. The topological polar surface area (TPSA) is 0 Å². The van der Waals surface area contributed by atoms with E-state index in [0.29, 0.717) is 0 Å². The van der Waals surface area contributed by atoms with Crippen LogP contribution < -0.4 is 0 Å². The van der Waals surface area contributed by atoms with Gasteiger partial charge in [-0.05, 0) is 52.9 Å². The van der Waals surface area contributed by atoms with Gasteiger partial charge in [0.1, 0.15) is 0 Å². The lowest BCUT2D eigenvalue weighted by Gasteiger charge is -1.91. The molecule has 0 N–H and O–H groups in total. The van der Waals surface area contributed by atoms with E-state index in [9.17, 15) is 0 Å². The summed E-state index contributed by atoms with van der Waals surface area (Å²) in [7, 11) is 0. The maximum atomic E-state index is 3.15. The number of benzene rings is 2. The van der Waals surface area contributed by atoms with Gasteiger partial charge in [-0.1, -0.05) is 36.1 Å². The fourth-order valence-electron chi connectivity index (χ4n) is 1.23. The Kier molecular flexibility index (Phi) is 3.41. The van der Waals surface area contributed by atoms with Crippen LogP contribution in [-0.2, 0) is 0 Å². The van der Waals surface area contributed by atoms with Gasteiger partial charge in [0, 0.05) is 14.7 Å². The Balaban J connectivity index is 2.26. The van der Waals surface area contributed by atoms with Gasteiger partial charge >= 0.3 is 0 Å². The predicted molar refractivity (Wildman–Crippen MR) is 71.6 cm³/mol. The van der Waals surface area contributed by atoms with E-state index in [-0.39, 0.29) is 0 Å². The first kappa shape index (κ1) is 10.3. The molecule has 0 fully saturated rings. The first-order valence-electron chi connectivity index (χ1n) is 4.67. The Morgan fingerprint density at radius 3 is 2.13 bits per heavy atom. The Bertz CT molecular complexity index is 504. The van der Waals surface area contributed by atoms with Crippen molar-refractivity contribution in [3.8, 4) is 11.8 Å².